The van der Waals surface area contributed by atoms with Gasteiger partial charge in [-0.1, -0.05) is 25.1 Å². The van der Waals surface area contributed by atoms with Gasteiger partial charge >= 0.3 is 5.97 Å². The van der Waals surface area contributed by atoms with Gasteiger partial charge in [-0.15, -0.1) is 0 Å². The molecular weight excluding hydrogens is 325 g/mol. The Balaban J connectivity index is 1.99. The number of ether oxygens (including phenoxy) is 1. The summed E-state index contributed by atoms with van der Waals surface area (Å²) >= 11 is 0. The summed E-state index contributed by atoms with van der Waals surface area (Å²) in [6, 6.07) is 11.3. The van der Waals surface area contributed by atoms with Crippen LogP contribution in [-0.2, 0) is 16.0 Å². The molecule has 2 N–H and O–H groups in total. The van der Waals surface area contributed by atoms with Crippen molar-refractivity contribution < 1.29 is 23.8 Å². The lowest BCUT2D eigenvalue weighted by atomic mass is 9.99. The molecule has 0 fully saturated rings. The predicted molar refractivity (Wildman–Crippen MR) is 92.2 cm³/mol. The molecule has 1 unspecified atom stereocenters. The summed E-state index contributed by atoms with van der Waals surface area (Å²) < 4.78 is 18.8. The van der Waals surface area contributed by atoms with Gasteiger partial charge in [0.15, 0.2) is 6.61 Å². The minimum atomic E-state index is -1.06. The zero-order valence-electron chi connectivity index (χ0n) is 14.1. The Kier molecular flexibility index (Phi) is 6.11. The molecule has 1 atom stereocenters. The lowest BCUT2D eigenvalue weighted by molar-refractivity contribution is -0.139. The third kappa shape index (κ3) is 5.31. The van der Waals surface area contributed by atoms with E-state index in [9.17, 15) is 14.0 Å². The van der Waals surface area contributed by atoms with Crippen LogP contribution in [-0.4, -0.2) is 23.6 Å². The van der Waals surface area contributed by atoms with Crippen molar-refractivity contribution in [1.82, 2.24) is 0 Å². The summed E-state index contributed by atoms with van der Waals surface area (Å²) in [7, 11) is 0. The number of carbonyl (C=O) groups is 2. The van der Waals surface area contributed by atoms with Gasteiger partial charge < -0.3 is 15.2 Å². The Morgan fingerprint density at radius 2 is 1.96 bits per heavy atom. The summed E-state index contributed by atoms with van der Waals surface area (Å²) in [6.45, 7) is 3.09. The maximum absolute atomic E-state index is 13.7. The van der Waals surface area contributed by atoms with E-state index in [1.54, 1.807) is 50.2 Å². The highest BCUT2D eigenvalue weighted by molar-refractivity contribution is 5.93. The number of aliphatic carboxylic acids is 1. The molecule has 0 aromatic heterocycles. The van der Waals surface area contributed by atoms with Crippen LogP contribution < -0.4 is 10.1 Å². The second-order valence-electron chi connectivity index (χ2n) is 5.84. The van der Waals surface area contributed by atoms with Crippen molar-refractivity contribution in [2.75, 3.05) is 11.9 Å². The summed E-state index contributed by atoms with van der Waals surface area (Å²) in [5, 5.41) is 11.4. The first-order chi connectivity index (χ1) is 11.9. The Morgan fingerprint density at radius 1 is 1.24 bits per heavy atom. The first-order valence-electron chi connectivity index (χ1n) is 7.86. The van der Waals surface area contributed by atoms with Crippen molar-refractivity contribution >= 4 is 17.6 Å². The van der Waals surface area contributed by atoms with Crippen molar-refractivity contribution in [3.8, 4) is 5.75 Å². The van der Waals surface area contributed by atoms with Crippen molar-refractivity contribution in [3.05, 3.63) is 59.4 Å². The number of rotatable bonds is 7. The molecule has 2 rings (SSSR count). The standard InChI is InChI=1S/C19H20FNO4/c1-12-10-15(25-11-18(22)23)7-8-17(12)21-19(24)13(2)9-14-5-3-4-6-16(14)20/h3-8,10,13H,9,11H2,1-2H3,(H,21,24)(H,22,23). The Hall–Kier alpha value is -2.89. The molecule has 0 saturated heterocycles. The normalized spacial score (nSPS) is 11.6. The molecule has 1 amide bonds. The summed E-state index contributed by atoms with van der Waals surface area (Å²) in [6.07, 6.45) is 0.303. The van der Waals surface area contributed by atoms with Crippen LogP contribution in [0.1, 0.15) is 18.1 Å². The highest BCUT2D eigenvalue weighted by atomic mass is 19.1. The van der Waals surface area contributed by atoms with E-state index < -0.39 is 18.5 Å². The van der Waals surface area contributed by atoms with Gasteiger partial charge in [-0.05, 0) is 48.7 Å². The van der Waals surface area contributed by atoms with Crippen LogP contribution in [0.25, 0.3) is 0 Å². The molecule has 0 spiro atoms. The van der Waals surface area contributed by atoms with Crippen molar-refractivity contribution in [1.29, 1.82) is 0 Å². The van der Waals surface area contributed by atoms with Crippen molar-refractivity contribution in [2.45, 2.75) is 20.3 Å². The fraction of sp³-hybridized carbons (Fsp3) is 0.263. The molecule has 0 heterocycles. The van der Waals surface area contributed by atoms with E-state index in [0.717, 1.165) is 5.56 Å². The number of hydrogen-bond acceptors (Lipinski definition) is 3. The monoisotopic (exact) mass is 345 g/mol. The van der Waals surface area contributed by atoms with Crippen LogP contribution in [0, 0.1) is 18.7 Å². The number of nitrogens with one attached hydrogen (secondary N) is 1. The van der Waals surface area contributed by atoms with Gasteiger partial charge in [-0.3, -0.25) is 4.79 Å². The van der Waals surface area contributed by atoms with Crippen LogP contribution in [0.2, 0.25) is 0 Å². The first-order valence-corrected chi connectivity index (χ1v) is 7.86. The molecule has 0 saturated carbocycles. The largest absolute Gasteiger partial charge is 0.482 e. The van der Waals surface area contributed by atoms with E-state index in [0.29, 0.717) is 23.4 Å². The fourth-order valence-electron chi connectivity index (χ4n) is 2.35. The van der Waals surface area contributed by atoms with E-state index in [1.807, 2.05) is 0 Å². The third-order valence-electron chi connectivity index (χ3n) is 3.75. The number of aryl methyl sites for hydroxylation is 1. The average molecular weight is 345 g/mol. The second-order valence-corrected chi connectivity index (χ2v) is 5.84. The Bertz CT molecular complexity index is 776. The molecule has 0 radical (unpaired) electrons. The van der Waals surface area contributed by atoms with Gasteiger partial charge in [0.25, 0.3) is 0 Å². The van der Waals surface area contributed by atoms with Crippen LogP contribution >= 0.6 is 0 Å². The maximum Gasteiger partial charge on any atom is 0.341 e. The molecule has 2 aromatic rings. The van der Waals surface area contributed by atoms with E-state index in [2.05, 4.69) is 5.32 Å². The lowest BCUT2D eigenvalue weighted by Crippen LogP contribution is -2.23. The van der Waals surface area contributed by atoms with Crippen LogP contribution in [0.15, 0.2) is 42.5 Å². The van der Waals surface area contributed by atoms with Crippen LogP contribution in [0.3, 0.4) is 0 Å². The fourth-order valence-corrected chi connectivity index (χ4v) is 2.35. The van der Waals surface area contributed by atoms with E-state index in [4.69, 9.17) is 9.84 Å². The molecule has 2 aromatic carbocycles. The smallest absolute Gasteiger partial charge is 0.341 e. The molecular formula is C19H20FNO4. The molecule has 0 bridgehead atoms. The number of carboxylic acid groups (broad SMARTS) is 1. The van der Waals surface area contributed by atoms with Gasteiger partial charge in [-0.2, -0.15) is 0 Å². The minimum absolute atomic E-state index is 0.217. The quantitative estimate of drug-likeness (QED) is 0.806. The van der Waals surface area contributed by atoms with Gasteiger partial charge in [-0.25, -0.2) is 9.18 Å². The van der Waals surface area contributed by atoms with Gasteiger partial charge in [0, 0.05) is 11.6 Å². The highest BCUT2D eigenvalue weighted by Crippen LogP contribution is 2.22. The average Bonchev–Trinajstić information content (AvgIpc) is 2.57. The third-order valence-corrected chi connectivity index (χ3v) is 3.75. The zero-order valence-corrected chi connectivity index (χ0v) is 14.1. The van der Waals surface area contributed by atoms with Crippen LogP contribution in [0.4, 0.5) is 10.1 Å². The number of carboxylic acids is 1. The molecule has 0 aliphatic carbocycles. The van der Waals surface area contributed by atoms with Crippen LogP contribution in [0.5, 0.6) is 5.75 Å². The molecule has 5 nitrogen and oxygen atoms in total. The number of hydrogen-bond donors (Lipinski definition) is 2. The molecule has 25 heavy (non-hydrogen) atoms. The molecule has 6 heteroatoms. The predicted octanol–water partition coefficient (Wildman–Crippen LogP) is 3.41. The van der Waals surface area contributed by atoms with E-state index in [1.165, 1.54) is 6.07 Å². The number of halogens is 1. The van der Waals surface area contributed by atoms with E-state index in [-0.39, 0.29) is 11.7 Å². The Morgan fingerprint density at radius 3 is 2.60 bits per heavy atom. The minimum Gasteiger partial charge on any atom is -0.482 e. The summed E-state index contributed by atoms with van der Waals surface area (Å²) in [5.41, 5.74) is 1.85. The number of carbonyl (C=O) groups excluding carboxylic acids is 1. The zero-order chi connectivity index (χ0) is 18.4. The van der Waals surface area contributed by atoms with Crippen molar-refractivity contribution in [3.63, 3.8) is 0 Å². The summed E-state index contributed by atoms with van der Waals surface area (Å²) in [4.78, 5) is 22.8. The first kappa shape index (κ1) is 18.4. The molecule has 0 aliphatic heterocycles. The van der Waals surface area contributed by atoms with Gasteiger partial charge in [0.1, 0.15) is 11.6 Å². The van der Waals surface area contributed by atoms with Gasteiger partial charge in [0.05, 0.1) is 0 Å². The lowest BCUT2D eigenvalue weighted by Gasteiger charge is -2.15. The highest BCUT2D eigenvalue weighted by Gasteiger charge is 2.16. The Labute approximate surface area is 145 Å². The van der Waals surface area contributed by atoms with Crippen molar-refractivity contribution in [2.24, 2.45) is 5.92 Å². The number of amides is 1. The number of anilines is 1. The van der Waals surface area contributed by atoms with Gasteiger partial charge in [0.2, 0.25) is 5.91 Å². The number of benzene rings is 2. The molecule has 0 aliphatic rings. The second kappa shape index (κ2) is 8.28. The van der Waals surface area contributed by atoms with E-state index >= 15 is 0 Å². The maximum atomic E-state index is 13.7. The SMILES string of the molecule is Cc1cc(OCC(=O)O)ccc1NC(=O)C(C)Cc1ccccc1F. The molecule has 132 valence electrons. The summed E-state index contributed by atoms with van der Waals surface area (Å²) in [5.74, 6) is -1.59. The topological polar surface area (TPSA) is 75.6 Å².